The van der Waals surface area contributed by atoms with Crippen LogP contribution in [0.1, 0.15) is 62.4 Å². The second kappa shape index (κ2) is 27.1. The molecular weight excluding hydrogens is 961 g/mol. The standard InChI is InChI=1S/C58H72N2O13Si/c1-40(61)59-49-53(66-35-44-27-17-10-18-28-44)51(69-41(2)62)47(38-64-33-42-23-13-8-14-24-42)70-55(49)72-52-48(39-65-34-43-25-15-9-16-26-43)71-56(73-74(6,7)58(3,4)5)50(54(52)67-36-45-29-19-11-20-30-45)60-57(63)68-37-46-31-21-12-22-32-46/h8-32,47-56H,33-39H2,1-7H3,(H,59,61)(H,60,63)/t47-,48-,49-,50-,51-,52-,53-,54-,55+,56+/m1/s1. The maximum absolute atomic E-state index is 14.2. The summed E-state index contributed by atoms with van der Waals surface area (Å²) in [6.45, 7) is 13.8. The number of hydrogen-bond acceptors (Lipinski definition) is 13. The van der Waals surface area contributed by atoms with E-state index in [0.717, 1.165) is 27.8 Å². The van der Waals surface area contributed by atoms with Gasteiger partial charge in [0.25, 0.3) is 0 Å². The van der Waals surface area contributed by atoms with Gasteiger partial charge in [-0.25, -0.2) is 4.79 Å². The number of rotatable bonds is 23. The summed E-state index contributed by atoms with van der Waals surface area (Å²) >= 11 is 0. The van der Waals surface area contributed by atoms with E-state index >= 15 is 0 Å². The van der Waals surface area contributed by atoms with Crippen LogP contribution in [-0.4, -0.2) is 101 Å². The molecule has 5 aromatic rings. The molecule has 10 atom stereocenters. The van der Waals surface area contributed by atoms with Gasteiger partial charge in [-0.3, -0.25) is 9.59 Å². The topological polar surface area (TPSA) is 168 Å². The summed E-state index contributed by atoms with van der Waals surface area (Å²) in [7, 11) is -2.69. The molecule has 0 radical (unpaired) electrons. The van der Waals surface area contributed by atoms with Crippen LogP contribution in [0.15, 0.2) is 152 Å². The summed E-state index contributed by atoms with van der Waals surface area (Å²) in [6.07, 6.45) is -9.43. The molecule has 2 N–H and O–H groups in total. The third kappa shape index (κ3) is 16.4. The molecule has 0 aliphatic carbocycles. The molecule has 2 amide bonds. The molecule has 0 aromatic heterocycles. The van der Waals surface area contributed by atoms with E-state index in [-0.39, 0.29) is 51.3 Å². The lowest BCUT2D eigenvalue weighted by atomic mass is 9.94. The highest BCUT2D eigenvalue weighted by molar-refractivity contribution is 6.74. The number of nitrogens with one attached hydrogen (secondary N) is 2. The fraction of sp³-hybridized carbons (Fsp3) is 0.431. The number of hydrogen-bond donors (Lipinski definition) is 2. The zero-order chi connectivity index (χ0) is 52.5. The van der Waals surface area contributed by atoms with E-state index in [1.807, 2.05) is 152 Å². The van der Waals surface area contributed by atoms with E-state index in [1.54, 1.807) is 0 Å². The van der Waals surface area contributed by atoms with Gasteiger partial charge in [-0.2, -0.15) is 0 Å². The third-order valence-corrected chi connectivity index (χ3v) is 17.8. The second-order valence-corrected chi connectivity index (χ2v) is 24.9. The van der Waals surface area contributed by atoms with Crippen LogP contribution in [0, 0.1) is 0 Å². The number of amides is 2. The van der Waals surface area contributed by atoms with Crippen LogP contribution in [-0.2, 0) is 89.7 Å². The van der Waals surface area contributed by atoms with Crippen molar-refractivity contribution in [3.63, 3.8) is 0 Å². The van der Waals surface area contributed by atoms with Gasteiger partial charge in [-0.15, -0.1) is 0 Å². The molecule has 74 heavy (non-hydrogen) atoms. The Labute approximate surface area is 436 Å². The summed E-state index contributed by atoms with van der Waals surface area (Å²) < 4.78 is 66.9. The first-order valence-corrected chi connectivity index (χ1v) is 28.1. The van der Waals surface area contributed by atoms with E-state index in [1.165, 1.54) is 13.8 Å². The maximum atomic E-state index is 14.2. The molecule has 396 valence electrons. The van der Waals surface area contributed by atoms with Crippen LogP contribution in [0.2, 0.25) is 18.1 Å². The molecule has 7 rings (SSSR count). The monoisotopic (exact) mass is 1030 g/mol. The lowest BCUT2D eigenvalue weighted by Gasteiger charge is -2.51. The lowest BCUT2D eigenvalue weighted by molar-refractivity contribution is -0.336. The fourth-order valence-electron chi connectivity index (χ4n) is 8.52. The molecule has 2 fully saturated rings. The normalized spacial score (nSPS) is 24.1. The predicted octanol–water partition coefficient (Wildman–Crippen LogP) is 9.18. The lowest BCUT2D eigenvalue weighted by Crippen LogP contribution is -2.71. The maximum Gasteiger partial charge on any atom is 0.407 e. The zero-order valence-corrected chi connectivity index (χ0v) is 44.5. The quantitative estimate of drug-likeness (QED) is 0.0470. The predicted molar refractivity (Wildman–Crippen MR) is 279 cm³/mol. The Morgan fingerprint density at radius 2 is 0.905 bits per heavy atom. The number of carbonyl (C=O) groups excluding carboxylic acids is 3. The summed E-state index contributed by atoms with van der Waals surface area (Å²) in [5.74, 6) is -1.02. The van der Waals surface area contributed by atoms with Crippen molar-refractivity contribution in [3.8, 4) is 0 Å². The van der Waals surface area contributed by atoms with Gasteiger partial charge >= 0.3 is 12.1 Å². The highest BCUT2D eigenvalue weighted by Gasteiger charge is 2.56. The third-order valence-electron chi connectivity index (χ3n) is 13.3. The SMILES string of the molecule is CC(=O)N[C@H]1[C@H](O[C@H]2[C@H](OCc3ccccc3)[C@@H](NC(=O)OCc3ccccc3)[C@H](O[Si](C)(C)C(C)(C)C)O[C@@H]2COCc2ccccc2)O[C@H](COCc2ccccc2)[C@@H](OC(C)=O)[C@@H]1OCc1ccccc1. The number of carbonyl (C=O) groups is 3. The molecule has 15 nitrogen and oxygen atoms in total. The van der Waals surface area contributed by atoms with Gasteiger partial charge in [0.05, 0.1) is 39.6 Å². The molecule has 2 aliphatic rings. The van der Waals surface area contributed by atoms with Crippen molar-refractivity contribution < 1.29 is 61.4 Å². The first-order valence-electron chi connectivity index (χ1n) is 25.2. The van der Waals surface area contributed by atoms with E-state index in [2.05, 4.69) is 44.5 Å². The average molecular weight is 1030 g/mol. The summed E-state index contributed by atoms with van der Waals surface area (Å²) in [5.41, 5.74) is 4.33. The van der Waals surface area contributed by atoms with E-state index in [4.69, 9.17) is 47.1 Å². The van der Waals surface area contributed by atoms with Crippen LogP contribution < -0.4 is 10.6 Å². The summed E-state index contributed by atoms with van der Waals surface area (Å²) in [4.78, 5) is 40.6. The molecule has 0 bridgehead atoms. The van der Waals surface area contributed by atoms with Crippen molar-refractivity contribution >= 4 is 26.3 Å². The van der Waals surface area contributed by atoms with Crippen LogP contribution >= 0.6 is 0 Å². The van der Waals surface area contributed by atoms with Crippen molar-refractivity contribution in [2.45, 2.75) is 147 Å². The Morgan fingerprint density at radius 3 is 1.34 bits per heavy atom. The molecule has 0 saturated carbocycles. The minimum atomic E-state index is -2.69. The van der Waals surface area contributed by atoms with Crippen molar-refractivity contribution in [1.29, 1.82) is 0 Å². The Kier molecular flexibility index (Phi) is 20.5. The van der Waals surface area contributed by atoms with E-state index < -0.39 is 87.6 Å². The molecule has 0 spiro atoms. The molecular formula is C58H72N2O13Si. The van der Waals surface area contributed by atoms with Crippen LogP contribution in [0.5, 0.6) is 0 Å². The highest BCUT2D eigenvalue weighted by Crippen LogP contribution is 2.41. The van der Waals surface area contributed by atoms with Gasteiger partial charge in [-0.05, 0) is 45.9 Å². The van der Waals surface area contributed by atoms with Crippen molar-refractivity contribution in [2.75, 3.05) is 13.2 Å². The second-order valence-electron chi connectivity index (χ2n) is 20.1. The van der Waals surface area contributed by atoms with Crippen molar-refractivity contribution in [3.05, 3.63) is 179 Å². The Hall–Kier alpha value is -5.79. The number of benzene rings is 5. The zero-order valence-electron chi connectivity index (χ0n) is 43.5. The minimum absolute atomic E-state index is 0.00462. The van der Waals surface area contributed by atoms with Gasteiger partial charge in [-0.1, -0.05) is 172 Å². The Bertz CT molecular complexity index is 2470. The van der Waals surface area contributed by atoms with Gasteiger partial charge in [0.2, 0.25) is 5.91 Å². The van der Waals surface area contributed by atoms with Crippen molar-refractivity contribution in [2.24, 2.45) is 0 Å². The minimum Gasteiger partial charge on any atom is -0.457 e. The van der Waals surface area contributed by atoms with Gasteiger partial charge in [0, 0.05) is 13.8 Å². The first-order chi connectivity index (χ1) is 35.6. The van der Waals surface area contributed by atoms with Crippen molar-refractivity contribution in [1.82, 2.24) is 10.6 Å². The molecule has 5 aromatic carbocycles. The smallest absolute Gasteiger partial charge is 0.407 e. The summed E-state index contributed by atoms with van der Waals surface area (Å²) in [5, 5.41) is 5.84. The number of esters is 1. The number of ether oxygens (including phenoxy) is 9. The molecule has 2 aliphatic heterocycles. The first kappa shape index (κ1) is 55.9. The van der Waals surface area contributed by atoms with E-state index in [0.29, 0.717) is 0 Å². The Balaban J connectivity index is 1.32. The molecule has 16 heteroatoms. The molecule has 2 heterocycles. The molecule has 2 saturated heterocycles. The Morgan fingerprint density at radius 1 is 0.514 bits per heavy atom. The summed E-state index contributed by atoms with van der Waals surface area (Å²) in [6, 6.07) is 45.8. The average Bonchev–Trinajstić information content (AvgIpc) is 3.38. The fourth-order valence-corrected chi connectivity index (χ4v) is 9.66. The van der Waals surface area contributed by atoms with Gasteiger partial charge < -0.3 is 57.7 Å². The number of alkyl carbamates (subject to hydrolysis) is 1. The van der Waals surface area contributed by atoms with Crippen LogP contribution in [0.25, 0.3) is 0 Å². The van der Waals surface area contributed by atoms with Crippen LogP contribution in [0.4, 0.5) is 4.79 Å². The van der Waals surface area contributed by atoms with Gasteiger partial charge in [0.15, 0.2) is 27.0 Å². The highest BCUT2D eigenvalue weighted by atomic mass is 28.4. The largest absolute Gasteiger partial charge is 0.457 e. The molecule has 0 unspecified atom stereocenters. The van der Waals surface area contributed by atoms with E-state index in [9.17, 15) is 14.4 Å². The van der Waals surface area contributed by atoms with Crippen LogP contribution in [0.3, 0.4) is 0 Å². The van der Waals surface area contributed by atoms with Gasteiger partial charge in [0.1, 0.15) is 49.2 Å².